The van der Waals surface area contributed by atoms with Gasteiger partial charge in [-0.1, -0.05) is 72.0 Å². The van der Waals surface area contributed by atoms with Crippen LogP contribution in [0.2, 0.25) is 0 Å². The molecule has 0 saturated heterocycles. The summed E-state index contributed by atoms with van der Waals surface area (Å²) in [6.45, 7) is 11.2. The maximum atomic E-state index is 12.9. The van der Waals surface area contributed by atoms with Gasteiger partial charge in [-0.3, -0.25) is 9.11 Å². The van der Waals surface area contributed by atoms with Crippen molar-refractivity contribution in [3.05, 3.63) is 107 Å². The zero-order valence-corrected chi connectivity index (χ0v) is 35.4. The number of anilines is 1. The molecule has 2 aliphatic heterocycles. The van der Waals surface area contributed by atoms with E-state index in [1.165, 1.54) is 6.07 Å². The summed E-state index contributed by atoms with van der Waals surface area (Å²) in [6.07, 6.45) is 13.6. The molecular weight excluding hydrogens is 817 g/mol. The van der Waals surface area contributed by atoms with Gasteiger partial charge in [0, 0.05) is 75.5 Å². The molecule has 0 saturated carbocycles. The molecule has 0 spiro atoms. The first-order valence-corrected chi connectivity index (χ1v) is 22.7. The molecule has 0 bridgehead atoms. The van der Waals surface area contributed by atoms with Gasteiger partial charge in [0.2, 0.25) is 5.69 Å². The summed E-state index contributed by atoms with van der Waals surface area (Å²) in [4.78, 5) is 2.08. The highest BCUT2D eigenvalue weighted by Gasteiger charge is 2.46. The Kier molecular flexibility index (Phi) is 14.7. The number of rotatable bonds is 19. The van der Waals surface area contributed by atoms with E-state index in [0.29, 0.717) is 60.1 Å². The summed E-state index contributed by atoms with van der Waals surface area (Å²) in [5, 5.41) is 25.4. The van der Waals surface area contributed by atoms with Gasteiger partial charge in [-0.05, 0) is 74.9 Å². The molecule has 5 rings (SSSR count). The Labute approximate surface area is 341 Å². The van der Waals surface area contributed by atoms with Crippen LogP contribution in [0.3, 0.4) is 0 Å². The van der Waals surface area contributed by atoms with Crippen molar-refractivity contribution in [1.82, 2.24) is 0 Å². The average molecular weight is 864 g/mol. The molecule has 2 heterocycles. The fourth-order valence-electron chi connectivity index (χ4n) is 7.60. The molecule has 0 fully saturated rings. The van der Waals surface area contributed by atoms with Crippen LogP contribution >= 0.6 is 24.1 Å². The molecule has 0 unspecified atom stereocenters. The van der Waals surface area contributed by atoms with Crippen LogP contribution in [0.25, 0.3) is 10.8 Å². The van der Waals surface area contributed by atoms with Crippen LogP contribution in [-0.4, -0.2) is 71.3 Å². The molecule has 3 aromatic carbocycles. The maximum Gasteiger partial charge on any atom is 0.295 e. The minimum atomic E-state index is -4.72. The molecular formula is C39H47N2O12S4+. The number of nitrogens with zero attached hydrogens (tertiary/aromatic N) is 2. The first kappa shape index (κ1) is 44.7. The zero-order valence-electron chi connectivity index (χ0n) is 32.1. The van der Waals surface area contributed by atoms with Crippen LogP contribution < -0.4 is 4.90 Å². The van der Waals surface area contributed by atoms with E-state index in [1.807, 2.05) is 81.5 Å². The number of allylic oxidation sites excluding steroid dienone is 8. The van der Waals surface area contributed by atoms with Crippen LogP contribution in [0, 0.1) is 0 Å². The minimum absolute atomic E-state index is 0.262. The molecule has 0 aliphatic carbocycles. The van der Waals surface area contributed by atoms with Gasteiger partial charge in [0.15, 0.2) is 5.71 Å². The second-order valence-corrected chi connectivity index (χ2v) is 19.1. The van der Waals surface area contributed by atoms with Crippen molar-refractivity contribution >= 4 is 72.2 Å². The number of hydrogen-bond acceptors (Lipinski definition) is 13. The van der Waals surface area contributed by atoms with E-state index in [0.717, 1.165) is 46.0 Å². The standard InChI is InChI=1S/C39H46N2O12S4/c1-27(13-10-17-34-38(2,3)30-15-6-7-16-31(30)40(34)22-12-24-56(44,45)46)14-11-18-35-39(4,5)37-32(41(35)21-8-9-23-54-52-50-42)20-19-28-25-29(55-53-51-43)26-33(36(28)37)57(47,48)49/h6-7,10-11,13-20,25-26H,8-9,12,21-24H2,1-5H3,(H3-,42,43,44,45,46,47,48,49)/p+1. The summed E-state index contributed by atoms with van der Waals surface area (Å²) in [7, 11) is -8.81. The number of unbranched alkanes of at least 4 members (excludes halogenated alkanes) is 1. The van der Waals surface area contributed by atoms with E-state index in [2.05, 4.69) is 48.1 Å². The SMILES string of the molecule is CC(/C=C/C=C1/N(CCCS(=O)(=O)O)c2ccccc2C1(C)C)=C\C=C\C1=[N+](CCCCSOOO)c2ccc3cc(SOOO)cc(S(=O)(=O)O)c3c2C1(C)C. The first-order valence-electron chi connectivity index (χ1n) is 18.0. The third-order valence-corrected chi connectivity index (χ3v) is 12.9. The van der Waals surface area contributed by atoms with E-state index >= 15 is 0 Å². The number of para-hydroxylation sites is 1. The van der Waals surface area contributed by atoms with Crippen molar-refractivity contribution in [2.24, 2.45) is 0 Å². The summed E-state index contributed by atoms with van der Waals surface area (Å²) in [5.74, 6) is 0.223. The van der Waals surface area contributed by atoms with Crippen molar-refractivity contribution in [2.75, 3.05) is 29.5 Å². The summed E-state index contributed by atoms with van der Waals surface area (Å²) < 4.78 is 79.6. The third-order valence-electron chi connectivity index (χ3n) is 10.1. The average Bonchev–Trinajstić information content (AvgIpc) is 3.49. The topological polar surface area (TPSA) is 192 Å². The predicted octanol–water partition coefficient (Wildman–Crippen LogP) is 8.76. The highest BCUT2D eigenvalue weighted by Crippen LogP contribution is 2.49. The van der Waals surface area contributed by atoms with Gasteiger partial charge in [0.05, 0.1) is 23.2 Å². The fourth-order valence-corrected chi connectivity index (χ4v) is 9.80. The van der Waals surface area contributed by atoms with Crippen LogP contribution in [0.1, 0.15) is 65.0 Å². The third kappa shape index (κ3) is 10.4. The molecule has 3 aromatic rings. The quantitative estimate of drug-likeness (QED) is 0.0170. The lowest BCUT2D eigenvalue weighted by Crippen LogP contribution is -2.28. The van der Waals surface area contributed by atoms with Gasteiger partial charge in [-0.2, -0.15) is 21.4 Å². The highest BCUT2D eigenvalue weighted by molar-refractivity contribution is 7.94. The Balaban J connectivity index is 1.48. The van der Waals surface area contributed by atoms with Crippen LogP contribution in [0.15, 0.2) is 106 Å². The normalized spacial score (nSPS) is 17.5. The van der Waals surface area contributed by atoms with E-state index in [4.69, 9.17) is 10.5 Å². The molecule has 0 amide bonds. The number of fused-ring (bicyclic) bond motifs is 4. The highest BCUT2D eigenvalue weighted by atomic mass is 32.2. The molecule has 0 radical (unpaired) electrons. The summed E-state index contributed by atoms with van der Waals surface area (Å²) >= 11 is 1.56. The van der Waals surface area contributed by atoms with Crippen LogP contribution in [-0.2, 0) is 49.8 Å². The van der Waals surface area contributed by atoms with Gasteiger partial charge >= 0.3 is 0 Å². The van der Waals surface area contributed by atoms with Gasteiger partial charge in [-0.25, -0.2) is 10.5 Å². The van der Waals surface area contributed by atoms with Gasteiger partial charge in [-0.15, -0.1) is 8.67 Å². The van der Waals surface area contributed by atoms with Crippen molar-refractivity contribution in [3.8, 4) is 0 Å². The molecule has 0 atom stereocenters. The Hall–Kier alpha value is -3.37. The zero-order chi connectivity index (χ0) is 41.6. The molecule has 57 heavy (non-hydrogen) atoms. The van der Waals surface area contributed by atoms with Crippen LogP contribution in [0.4, 0.5) is 11.4 Å². The Bertz CT molecular complexity index is 2350. The molecule has 308 valence electrons. The largest absolute Gasteiger partial charge is 0.344 e. The molecule has 18 heteroatoms. The van der Waals surface area contributed by atoms with Crippen molar-refractivity contribution in [3.63, 3.8) is 0 Å². The Morgan fingerprint density at radius 3 is 2.35 bits per heavy atom. The Morgan fingerprint density at radius 2 is 1.65 bits per heavy atom. The summed E-state index contributed by atoms with van der Waals surface area (Å²) in [5.41, 5.74) is 5.37. The Morgan fingerprint density at radius 1 is 0.912 bits per heavy atom. The minimum Gasteiger partial charge on any atom is -0.344 e. The lowest BCUT2D eigenvalue weighted by Gasteiger charge is -2.27. The molecule has 4 N–H and O–H groups in total. The van der Waals surface area contributed by atoms with Gasteiger partial charge in [0.1, 0.15) is 11.4 Å². The van der Waals surface area contributed by atoms with Crippen molar-refractivity contribution in [2.45, 2.75) is 74.5 Å². The fraction of sp³-hybridized carbons (Fsp3) is 0.359. The van der Waals surface area contributed by atoms with Gasteiger partial charge < -0.3 is 4.90 Å². The molecule has 14 nitrogen and oxygen atoms in total. The van der Waals surface area contributed by atoms with Crippen molar-refractivity contribution < 1.29 is 59.8 Å². The van der Waals surface area contributed by atoms with E-state index in [1.54, 1.807) is 12.1 Å². The number of benzene rings is 3. The molecule has 2 aliphatic rings. The van der Waals surface area contributed by atoms with Gasteiger partial charge in [0.25, 0.3) is 20.2 Å². The van der Waals surface area contributed by atoms with Crippen LogP contribution in [0.5, 0.6) is 0 Å². The van der Waals surface area contributed by atoms with Crippen molar-refractivity contribution in [1.29, 1.82) is 0 Å². The second kappa shape index (κ2) is 18.7. The smallest absolute Gasteiger partial charge is 0.295 e. The van der Waals surface area contributed by atoms with E-state index in [-0.39, 0.29) is 27.4 Å². The molecule has 0 aromatic heterocycles. The lowest BCUT2D eigenvalue weighted by molar-refractivity contribution is -0.438. The first-order chi connectivity index (χ1) is 26.9. The van der Waals surface area contributed by atoms with E-state index in [9.17, 15) is 25.9 Å². The second-order valence-electron chi connectivity index (χ2n) is 14.6. The lowest BCUT2D eigenvalue weighted by atomic mass is 9.79. The van der Waals surface area contributed by atoms with E-state index < -0.39 is 25.7 Å². The monoisotopic (exact) mass is 863 g/mol. The summed E-state index contributed by atoms with van der Waals surface area (Å²) in [6, 6.07) is 14.7. The number of hydrogen-bond donors (Lipinski definition) is 4. The maximum absolute atomic E-state index is 12.9. The predicted molar refractivity (Wildman–Crippen MR) is 222 cm³/mol.